The average molecular weight is 356 g/mol. The number of carbonyl (C=O) groups excluding carboxylic acids is 1. The molecule has 2 aromatic heterocycles. The van der Waals surface area contributed by atoms with Gasteiger partial charge in [-0.25, -0.2) is 9.48 Å². The van der Waals surface area contributed by atoms with Gasteiger partial charge in [-0.05, 0) is 13.8 Å². The van der Waals surface area contributed by atoms with Crippen LogP contribution in [-0.4, -0.2) is 43.3 Å². The maximum absolute atomic E-state index is 13.6. The third kappa shape index (κ3) is 2.85. The normalized spacial score (nSPS) is 17.3. The molecule has 2 aromatic rings. The van der Waals surface area contributed by atoms with Crippen LogP contribution in [0.25, 0.3) is 0 Å². The van der Waals surface area contributed by atoms with E-state index in [2.05, 4.69) is 20.5 Å². The van der Waals surface area contributed by atoms with Gasteiger partial charge in [0.2, 0.25) is 5.95 Å². The lowest BCUT2D eigenvalue weighted by Gasteiger charge is -2.29. The highest BCUT2D eigenvalue weighted by Gasteiger charge is 2.47. The summed E-state index contributed by atoms with van der Waals surface area (Å²) in [6, 6.07) is -1.15. The van der Waals surface area contributed by atoms with Crippen LogP contribution in [0.4, 0.5) is 19.1 Å². The SMILES string of the molecule is CCOC(=O)C1=C(C(F)(F)F)Nc2ncnn2[C@@H]1c1cn(C)nc1C. The molecule has 25 heavy (non-hydrogen) atoms. The van der Waals surface area contributed by atoms with Gasteiger partial charge in [0.1, 0.15) is 18.1 Å². The molecule has 0 aromatic carbocycles. The first-order chi connectivity index (χ1) is 11.7. The fourth-order valence-corrected chi connectivity index (χ4v) is 2.79. The number of nitrogens with one attached hydrogen (secondary N) is 1. The summed E-state index contributed by atoms with van der Waals surface area (Å²) in [6.07, 6.45) is -2.14. The minimum Gasteiger partial charge on any atom is -0.463 e. The molecule has 0 bridgehead atoms. The molecule has 0 radical (unpaired) electrons. The minimum atomic E-state index is -4.80. The quantitative estimate of drug-likeness (QED) is 0.843. The van der Waals surface area contributed by atoms with Crippen molar-refractivity contribution in [2.24, 2.45) is 7.05 Å². The van der Waals surface area contributed by atoms with Crippen LogP contribution in [0, 0.1) is 6.92 Å². The number of ether oxygens (including phenoxy) is 1. The Balaban J connectivity index is 2.28. The molecule has 3 rings (SSSR count). The predicted molar refractivity (Wildman–Crippen MR) is 79.4 cm³/mol. The smallest absolute Gasteiger partial charge is 0.431 e. The van der Waals surface area contributed by atoms with Crippen molar-refractivity contribution in [3.05, 3.63) is 35.1 Å². The first-order valence-electron chi connectivity index (χ1n) is 7.39. The lowest BCUT2D eigenvalue weighted by atomic mass is 9.95. The molecule has 11 heteroatoms. The maximum atomic E-state index is 13.6. The lowest BCUT2D eigenvalue weighted by Crippen LogP contribution is -2.35. The van der Waals surface area contributed by atoms with Crippen LogP contribution in [0.2, 0.25) is 0 Å². The Morgan fingerprint density at radius 1 is 1.44 bits per heavy atom. The Hall–Kier alpha value is -2.85. The summed E-state index contributed by atoms with van der Waals surface area (Å²) in [5.41, 5.74) is -0.914. The number of nitrogens with zero attached hydrogens (tertiary/aromatic N) is 5. The Morgan fingerprint density at radius 3 is 2.72 bits per heavy atom. The van der Waals surface area contributed by atoms with Gasteiger partial charge in [-0.3, -0.25) is 4.68 Å². The first-order valence-corrected chi connectivity index (χ1v) is 7.39. The van der Waals surface area contributed by atoms with Crippen LogP contribution in [-0.2, 0) is 16.6 Å². The van der Waals surface area contributed by atoms with Crippen molar-refractivity contribution in [3.8, 4) is 0 Å². The second-order valence-electron chi connectivity index (χ2n) is 5.41. The van der Waals surface area contributed by atoms with E-state index in [1.54, 1.807) is 20.2 Å². The Kier molecular flexibility index (Phi) is 4.01. The van der Waals surface area contributed by atoms with E-state index in [1.807, 2.05) is 0 Å². The van der Waals surface area contributed by atoms with E-state index in [4.69, 9.17) is 4.74 Å². The molecule has 1 N–H and O–H groups in total. The predicted octanol–water partition coefficient (Wildman–Crippen LogP) is 1.71. The van der Waals surface area contributed by atoms with E-state index >= 15 is 0 Å². The standard InChI is InChI=1S/C14H15F3N6O2/c1-4-25-12(24)9-10(8-5-22(3)21-7(8)2)23-13(18-6-19-23)20-11(9)14(15,16)17/h5-6,10H,4H2,1-3H3,(H,18,19,20)/t10-/m1/s1. The Morgan fingerprint density at radius 2 is 2.16 bits per heavy atom. The molecule has 3 heterocycles. The molecule has 0 fully saturated rings. The summed E-state index contributed by atoms with van der Waals surface area (Å²) in [6.45, 7) is 3.10. The number of fused-ring (bicyclic) bond motifs is 1. The molecular formula is C14H15F3N6O2. The van der Waals surface area contributed by atoms with Gasteiger partial charge in [0.05, 0.1) is 17.9 Å². The van der Waals surface area contributed by atoms with E-state index in [0.717, 1.165) is 6.33 Å². The van der Waals surface area contributed by atoms with E-state index in [-0.39, 0.29) is 12.6 Å². The number of rotatable bonds is 3. The first kappa shape index (κ1) is 17.0. The molecule has 1 aliphatic rings. The van der Waals surface area contributed by atoms with Gasteiger partial charge < -0.3 is 10.1 Å². The lowest BCUT2D eigenvalue weighted by molar-refractivity contribution is -0.140. The number of aryl methyl sites for hydroxylation is 2. The number of aromatic nitrogens is 5. The van der Waals surface area contributed by atoms with Crippen molar-refractivity contribution in [1.82, 2.24) is 24.5 Å². The molecule has 0 spiro atoms. The fraction of sp³-hybridized carbons (Fsp3) is 0.429. The van der Waals surface area contributed by atoms with Gasteiger partial charge in [0, 0.05) is 18.8 Å². The maximum Gasteiger partial charge on any atom is 0.431 e. The van der Waals surface area contributed by atoms with Crippen LogP contribution in [0.1, 0.15) is 24.2 Å². The van der Waals surface area contributed by atoms with Gasteiger partial charge in [-0.1, -0.05) is 0 Å². The Bertz CT molecular complexity index is 851. The molecule has 0 saturated heterocycles. The van der Waals surface area contributed by atoms with Gasteiger partial charge >= 0.3 is 12.1 Å². The van der Waals surface area contributed by atoms with Crippen molar-refractivity contribution in [2.75, 3.05) is 11.9 Å². The van der Waals surface area contributed by atoms with Crippen LogP contribution >= 0.6 is 0 Å². The van der Waals surface area contributed by atoms with Crippen LogP contribution < -0.4 is 5.32 Å². The summed E-state index contributed by atoms with van der Waals surface area (Å²) in [4.78, 5) is 16.2. The summed E-state index contributed by atoms with van der Waals surface area (Å²) >= 11 is 0. The van der Waals surface area contributed by atoms with Gasteiger partial charge in [0.25, 0.3) is 0 Å². The molecule has 0 aliphatic carbocycles. The summed E-state index contributed by atoms with van der Waals surface area (Å²) in [7, 11) is 1.64. The highest BCUT2D eigenvalue weighted by Crippen LogP contribution is 2.41. The van der Waals surface area contributed by atoms with Gasteiger partial charge in [0.15, 0.2) is 0 Å². The van der Waals surface area contributed by atoms with Crippen molar-refractivity contribution in [2.45, 2.75) is 26.1 Å². The van der Waals surface area contributed by atoms with Crippen LogP contribution in [0.15, 0.2) is 23.8 Å². The molecule has 0 amide bonds. The molecular weight excluding hydrogens is 341 g/mol. The van der Waals surface area contributed by atoms with Crippen LogP contribution in [0.3, 0.4) is 0 Å². The zero-order chi connectivity index (χ0) is 18.4. The van der Waals surface area contributed by atoms with E-state index < -0.39 is 29.5 Å². The molecule has 1 atom stereocenters. The zero-order valence-electron chi connectivity index (χ0n) is 13.6. The monoisotopic (exact) mass is 356 g/mol. The van der Waals surface area contributed by atoms with Crippen LogP contribution in [0.5, 0.6) is 0 Å². The molecule has 134 valence electrons. The van der Waals surface area contributed by atoms with Gasteiger partial charge in [-0.15, -0.1) is 0 Å². The second kappa shape index (κ2) is 5.90. The molecule has 0 saturated carbocycles. The fourth-order valence-electron chi connectivity index (χ4n) is 2.79. The number of esters is 1. The largest absolute Gasteiger partial charge is 0.463 e. The number of anilines is 1. The topological polar surface area (TPSA) is 86.9 Å². The number of carbonyl (C=O) groups is 1. The van der Waals surface area contributed by atoms with Gasteiger partial charge in [-0.2, -0.15) is 28.4 Å². The van der Waals surface area contributed by atoms with E-state index in [1.165, 1.54) is 16.3 Å². The molecule has 0 unspecified atom stereocenters. The van der Waals surface area contributed by atoms with Crippen molar-refractivity contribution < 1.29 is 22.7 Å². The average Bonchev–Trinajstić information content (AvgIpc) is 3.10. The van der Waals surface area contributed by atoms with E-state index in [9.17, 15) is 18.0 Å². The number of hydrogen-bond acceptors (Lipinski definition) is 6. The molecule has 8 nitrogen and oxygen atoms in total. The van der Waals surface area contributed by atoms with Crippen molar-refractivity contribution in [1.29, 1.82) is 0 Å². The number of alkyl halides is 3. The number of halogens is 3. The second-order valence-corrected chi connectivity index (χ2v) is 5.41. The number of allylic oxidation sites excluding steroid dienone is 1. The molecule has 1 aliphatic heterocycles. The highest BCUT2D eigenvalue weighted by molar-refractivity contribution is 5.92. The Labute approximate surface area is 140 Å². The third-order valence-electron chi connectivity index (χ3n) is 3.72. The summed E-state index contributed by atoms with van der Waals surface area (Å²) < 4.78 is 48.3. The summed E-state index contributed by atoms with van der Waals surface area (Å²) in [5, 5.41) is 10.3. The zero-order valence-corrected chi connectivity index (χ0v) is 13.6. The minimum absolute atomic E-state index is 0.0591. The van der Waals surface area contributed by atoms with E-state index in [0.29, 0.717) is 11.3 Å². The van der Waals surface area contributed by atoms with Crippen molar-refractivity contribution in [3.63, 3.8) is 0 Å². The third-order valence-corrected chi connectivity index (χ3v) is 3.72. The highest BCUT2D eigenvalue weighted by atomic mass is 19.4. The number of hydrogen-bond donors (Lipinski definition) is 1. The van der Waals surface area contributed by atoms with Crippen molar-refractivity contribution >= 4 is 11.9 Å². The summed E-state index contributed by atoms with van der Waals surface area (Å²) in [5.74, 6) is -1.19.